The van der Waals surface area contributed by atoms with E-state index in [9.17, 15) is 23.2 Å². The van der Waals surface area contributed by atoms with Crippen LogP contribution in [0.15, 0.2) is 53.3 Å². The Morgan fingerprint density at radius 2 is 1.77 bits per heavy atom. The number of pyridine rings is 1. The minimum atomic E-state index is -1.02. The Bertz CT molecular complexity index is 1410. The van der Waals surface area contributed by atoms with Crippen LogP contribution in [0.3, 0.4) is 0 Å². The third-order valence-corrected chi connectivity index (χ3v) is 7.42. The van der Waals surface area contributed by atoms with E-state index in [1.165, 1.54) is 6.07 Å². The van der Waals surface area contributed by atoms with Crippen LogP contribution in [0.4, 0.5) is 14.6 Å². The van der Waals surface area contributed by atoms with Crippen molar-refractivity contribution in [2.45, 2.75) is 64.0 Å². The summed E-state index contributed by atoms with van der Waals surface area (Å²) in [5.41, 5.74) is 5.86. The maximum absolute atomic E-state index is 14.2. The molecule has 1 atom stereocenters. The normalized spacial score (nSPS) is 15.2. The molecule has 0 radical (unpaired) electrons. The van der Waals surface area contributed by atoms with Crippen molar-refractivity contribution >= 4 is 17.6 Å². The fourth-order valence-electron chi connectivity index (χ4n) is 4.73. The van der Waals surface area contributed by atoms with Crippen molar-refractivity contribution in [3.05, 3.63) is 87.2 Å². The molecule has 1 heterocycles. The molecule has 0 bridgehead atoms. The second-order valence-electron chi connectivity index (χ2n) is 10.2. The number of ether oxygens (including phenoxy) is 1. The van der Waals surface area contributed by atoms with Crippen molar-refractivity contribution in [3.63, 3.8) is 0 Å². The molecule has 9 heteroatoms. The number of nitrogens with one attached hydrogen (secondary N) is 2. The number of halogens is 2. The molecular formula is C30H33F2N3O4. The number of anilines is 1. The van der Waals surface area contributed by atoms with E-state index in [-0.39, 0.29) is 34.6 Å². The number of esters is 1. The van der Waals surface area contributed by atoms with Crippen LogP contribution in [-0.4, -0.2) is 34.9 Å². The minimum absolute atomic E-state index is 0.0136. The van der Waals surface area contributed by atoms with Crippen molar-refractivity contribution in [1.29, 1.82) is 0 Å². The quantitative estimate of drug-likeness (QED) is 0.250. The first kappa shape index (κ1) is 28.2. The number of nitrogen functional groups attached to an aromatic ring is 1. The van der Waals surface area contributed by atoms with Gasteiger partial charge in [0.25, 0.3) is 5.56 Å². The van der Waals surface area contributed by atoms with Gasteiger partial charge in [-0.3, -0.25) is 14.4 Å². The SMILES string of the molecule is CC[C@@](C)(NCCc1ccc(-c2cc(C(=O)c3ccc(F)cc3F)c(N)[nH]c2=O)cc1)C(=O)OC1CCCC1. The smallest absolute Gasteiger partial charge is 0.326 e. The number of H-pyrrole nitrogens is 1. The molecular weight excluding hydrogens is 504 g/mol. The average molecular weight is 538 g/mol. The van der Waals surface area contributed by atoms with Crippen molar-refractivity contribution in [3.8, 4) is 11.1 Å². The third kappa shape index (κ3) is 6.42. The largest absolute Gasteiger partial charge is 0.461 e. The molecule has 1 aliphatic carbocycles. The molecule has 2 aromatic carbocycles. The predicted molar refractivity (Wildman–Crippen MR) is 145 cm³/mol. The van der Waals surface area contributed by atoms with Gasteiger partial charge in [0.15, 0.2) is 5.78 Å². The zero-order valence-corrected chi connectivity index (χ0v) is 22.1. The molecule has 1 aliphatic rings. The number of carbonyl (C=O) groups excluding carboxylic acids is 2. The summed E-state index contributed by atoms with van der Waals surface area (Å²) >= 11 is 0. The van der Waals surface area contributed by atoms with E-state index in [4.69, 9.17) is 10.5 Å². The lowest BCUT2D eigenvalue weighted by Gasteiger charge is -2.29. The minimum Gasteiger partial charge on any atom is -0.461 e. The van der Waals surface area contributed by atoms with Gasteiger partial charge in [0.2, 0.25) is 0 Å². The van der Waals surface area contributed by atoms with E-state index in [0.29, 0.717) is 31.0 Å². The standard InChI is InChI=1S/C30H33F2N3O4/c1-3-30(2,29(38)39-21-6-4-5-7-21)34-15-14-18-8-10-19(11-9-18)23-17-24(27(33)35-28(23)37)26(36)22-13-12-20(31)16-25(22)32/h8-13,16-17,21,34H,3-7,14-15H2,1-2H3,(H3,33,35,37)/t30-/m1/s1. The Kier molecular flexibility index (Phi) is 8.60. The first-order valence-corrected chi connectivity index (χ1v) is 13.2. The number of hydrogen-bond acceptors (Lipinski definition) is 6. The van der Waals surface area contributed by atoms with Gasteiger partial charge in [0, 0.05) is 18.2 Å². The van der Waals surface area contributed by atoms with Crippen molar-refractivity contribution in [2.75, 3.05) is 12.3 Å². The van der Waals surface area contributed by atoms with Crippen molar-refractivity contribution in [1.82, 2.24) is 10.3 Å². The second-order valence-corrected chi connectivity index (χ2v) is 10.2. The number of nitrogens with two attached hydrogens (primary N) is 1. The lowest BCUT2D eigenvalue weighted by atomic mass is 9.97. The van der Waals surface area contributed by atoms with E-state index in [1.54, 1.807) is 12.1 Å². The van der Waals surface area contributed by atoms with Crippen LogP contribution in [0.2, 0.25) is 0 Å². The van der Waals surface area contributed by atoms with Gasteiger partial charge in [-0.1, -0.05) is 31.2 Å². The van der Waals surface area contributed by atoms with Gasteiger partial charge in [-0.05, 0) is 74.8 Å². The van der Waals surface area contributed by atoms with Crippen molar-refractivity contribution in [2.24, 2.45) is 0 Å². The summed E-state index contributed by atoms with van der Waals surface area (Å²) in [4.78, 5) is 40.7. The Balaban J connectivity index is 1.45. The van der Waals surface area contributed by atoms with Gasteiger partial charge in [0.1, 0.15) is 29.1 Å². The second kappa shape index (κ2) is 11.9. The number of carbonyl (C=O) groups is 2. The van der Waals surface area contributed by atoms with E-state index in [2.05, 4.69) is 10.3 Å². The molecule has 0 unspecified atom stereocenters. The van der Waals surface area contributed by atoms with E-state index in [1.807, 2.05) is 26.0 Å². The highest BCUT2D eigenvalue weighted by molar-refractivity contribution is 6.12. The third-order valence-electron chi connectivity index (χ3n) is 7.42. The summed E-state index contributed by atoms with van der Waals surface area (Å²) < 4.78 is 33.2. The highest BCUT2D eigenvalue weighted by atomic mass is 19.1. The topological polar surface area (TPSA) is 114 Å². The summed E-state index contributed by atoms with van der Waals surface area (Å²) in [6.45, 7) is 4.36. The van der Waals surface area contributed by atoms with Gasteiger partial charge < -0.3 is 20.8 Å². The number of benzene rings is 2. The van der Waals surface area contributed by atoms with Crippen LogP contribution in [0.25, 0.3) is 11.1 Å². The summed E-state index contributed by atoms with van der Waals surface area (Å²) in [5.74, 6) is -3.02. The number of hydrogen-bond donors (Lipinski definition) is 3. The molecule has 39 heavy (non-hydrogen) atoms. The maximum atomic E-state index is 14.2. The van der Waals surface area contributed by atoms with Gasteiger partial charge in [-0.2, -0.15) is 0 Å². The molecule has 0 aliphatic heterocycles. The number of rotatable bonds is 10. The molecule has 1 fully saturated rings. The molecule has 0 spiro atoms. The van der Waals surface area contributed by atoms with Crippen LogP contribution in [0, 0.1) is 11.6 Å². The Hall–Kier alpha value is -3.85. The molecule has 1 saturated carbocycles. The maximum Gasteiger partial charge on any atom is 0.326 e. The zero-order valence-electron chi connectivity index (χ0n) is 22.1. The van der Waals surface area contributed by atoms with Crippen molar-refractivity contribution < 1.29 is 23.1 Å². The van der Waals surface area contributed by atoms with Gasteiger partial charge >= 0.3 is 5.97 Å². The number of aromatic nitrogens is 1. The van der Waals surface area contributed by atoms with Gasteiger partial charge in [-0.15, -0.1) is 0 Å². The summed E-state index contributed by atoms with van der Waals surface area (Å²) in [6.07, 6.45) is 5.28. The first-order valence-electron chi connectivity index (χ1n) is 13.2. The highest BCUT2D eigenvalue weighted by Gasteiger charge is 2.34. The predicted octanol–water partition coefficient (Wildman–Crippen LogP) is 4.92. The highest BCUT2D eigenvalue weighted by Crippen LogP contribution is 2.25. The zero-order chi connectivity index (χ0) is 28.2. The molecule has 0 amide bonds. The van der Waals surface area contributed by atoms with Crippen LogP contribution < -0.4 is 16.6 Å². The Morgan fingerprint density at radius 1 is 1.08 bits per heavy atom. The number of aromatic amines is 1. The van der Waals surface area contributed by atoms with Gasteiger partial charge in [-0.25, -0.2) is 8.78 Å². The van der Waals surface area contributed by atoms with E-state index < -0.39 is 28.5 Å². The molecule has 1 aromatic heterocycles. The van der Waals surface area contributed by atoms with E-state index >= 15 is 0 Å². The van der Waals surface area contributed by atoms with Crippen LogP contribution in [0.5, 0.6) is 0 Å². The van der Waals surface area contributed by atoms with Crippen LogP contribution >= 0.6 is 0 Å². The summed E-state index contributed by atoms with van der Waals surface area (Å²) in [7, 11) is 0. The monoisotopic (exact) mass is 537 g/mol. The van der Waals surface area contributed by atoms with Crippen LogP contribution in [-0.2, 0) is 16.0 Å². The van der Waals surface area contributed by atoms with E-state index in [0.717, 1.165) is 43.4 Å². The van der Waals surface area contributed by atoms with Crippen LogP contribution in [0.1, 0.15) is 67.4 Å². The van der Waals surface area contributed by atoms with Gasteiger partial charge in [0.05, 0.1) is 11.1 Å². The number of ketones is 1. The molecule has 206 valence electrons. The lowest BCUT2D eigenvalue weighted by Crippen LogP contribution is -2.51. The molecule has 4 N–H and O–H groups in total. The molecule has 0 saturated heterocycles. The summed E-state index contributed by atoms with van der Waals surface area (Å²) in [6, 6.07) is 11.2. The fourth-order valence-corrected chi connectivity index (χ4v) is 4.73. The fraction of sp³-hybridized carbons (Fsp3) is 0.367. The Morgan fingerprint density at radius 3 is 2.41 bits per heavy atom. The lowest BCUT2D eigenvalue weighted by molar-refractivity contribution is -0.156. The molecule has 4 rings (SSSR count). The first-order chi connectivity index (χ1) is 18.6. The molecule has 3 aromatic rings. The average Bonchev–Trinajstić information content (AvgIpc) is 3.42. The summed E-state index contributed by atoms with van der Waals surface area (Å²) in [5, 5.41) is 3.34. The molecule has 7 nitrogen and oxygen atoms in total. The Labute approximate surface area is 225 Å².